The Morgan fingerprint density at radius 3 is 2.69 bits per heavy atom. The summed E-state index contributed by atoms with van der Waals surface area (Å²) in [6.07, 6.45) is 0.987. The van der Waals surface area contributed by atoms with Crippen LogP contribution in [0.3, 0.4) is 0 Å². The van der Waals surface area contributed by atoms with Gasteiger partial charge in [0.15, 0.2) is 12.3 Å². The lowest BCUT2D eigenvalue weighted by Gasteiger charge is -2.23. The molecular weight excluding hydrogens is 402 g/mol. The van der Waals surface area contributed by atoms with Crippen molar-refractivity contribution in [2.45, 2.75) is 20.3 Å². The van der Waals surface area contributed by atoms with Gasteiger partial charge in [-0.3, -0.25) is 4.79 Å². The highest BCUT2D eigenvalue weighted by atomic mass is 16.5. The molecule has 0 spiro atoms. The highest BCUT2D eigenvalue weighted by Crippen LogP contribution is 2.38. The van der Waals surface area contributed by atoms with Crippen LogP contribution >= 0.6 is 0 Å². The number of para-hydroxylation sites is 3. The van der Waals surface area contributed by atoms with Crippen molar-refractivity contribution >= 4 is 34.0 Å². The zero-order valence-electron chi connectivity index (χ0n) is 18.4. The second kappa shape index (κ2) is 8.00. The van der Waals surface area contributed by atoms with E-state index in [4.69, 9.17) is 4.74 Å². The highest BCUT2D eigenvalue weighted by molar-refractivity contribution is 5.96. The van der Waals surface area contributed by atoms with Crippen LogP contribution in [0, 0.1) is 13.8 Å². The van der Waals surface area contributed by atoms with Gasteiger partial charge in [-0.1, -0.05) is 30.3 Å². The number of anilines is 3. The predicted octanol–water partition coefficient (Wildman–Crippen LogP) is 4.30. The molecule has 32 heavy (non-hydrogen) atoms. The van der Waals surface area contributed by atoms with Gasteiger partial charge in [0.2, 0.25) is 5.88 Å². The van der Waals surface area contributed by atoms with E-state index < -0.39 is 0 Å². The monoisotopic (exact) mass is 427 g/mol. The lowest BCUT2D eigenvalue weighted by atomic mass is 10.2. The Morgan fingerprint density at radius 1 is 1.09 bits per heavy atom. The minimum Gasteiger partial charge on any atom is -0.466 e. The summed E-state index contributed by atoms with van der Waals surface area (Å²) >= 11 is 0. The SMILES string of the molecule is Cc1cc(C)c2c(OCC(=O)Nc3ccccc3N3CCc4ccccc43)nn(C)c2n1. The smallest absolute Gasteiger partial charge is 0.262 e. The minimum absolute atomic E-state index is 0.135. The second-order valence-electron chi connectivity index (χ2n) is 8.09. The number of pyridine rings is 1. The van der Waals surface area contributed by atoms with E-state index in [1.165, 1.54) is 11.3 Å². The van der Waals surface area contributed by atoms with Crippen LogP contribution < -0.4 is 15.0 Å². The number of hydrogen-bond acceptors (Lipinski definition) is 5. The third-order valence-corrected chi connectivity index (χ3v) is 5.78. The maximum atomic E-state index is 12.8. The molecule has 162 valence electrons. The number of hydrogen-bond donors (Lipinski definition) is 1. The number of carbonyl (C=O) groups excluding carboxylic acids is 1. The molecule has 0 saturated carbocycles. The van der Waals surface area contributed by atoms with Crippen LogP contribution in [-0.2, 0) is 18.3 Å². The Bertz CT molecular complexity index is 1330. The predicted molar refractivity (Wildman–Crippen MR) is 126 cm³/mol. The number of aromatic nitrogens is 3. The van der Waals surface area contributed by atoms with Gasteiger partial charge in [0.05, 0.1) is 16.8 Å². The average Bonchev–Trinajstić information content (AvgIpc) is 3.34. The van der Waals surface area contributed by atoms with Crippen LogP contribution in [0.5, 0.6) is 5.88 Å². The summed E-state index contributed by atoms with van der Waals surface area (Å²) in [7, 11) is 1.82. The molecule has 1 aliphatic rings. The molecule has 0 bridgehead atoms. The van der Waals surface area contributed by atoms with Crippen molar-refractivity contribution in [2.24, 2.45) is 7.05 Å². The fourth-order valence-corrected chi connectivity index (χ4v) is 4.37. The third kappa shape index (κ3) is 3.56. The first kappa shape index (κ1) is 20.1. The van der Waals surface area contributed by atoms with Gasteiger partial charge in [-0.25, -0.2) is 9.67 Å². The number of rotatable bonds is 5. The highest BCUT2D eigenvalue weighted by Gasteiger charge is 2.22. The minimum atomic E-state index is -0.235. The Kier molecular flexibility index (Phi) is 5.01. The van der Waals surface area contributed by atoms with Crippen LogP contribution in [0.25, 0.3) is 11.0 Å². The summed E-state index contributed by atoms with van der Waals surface area (Å²) in [6, 6.07) is 18.2. The molecule has 2 aromatic carbocycles. The molecule has 0 atom stereocenters. The standard InChI is InChI=1S/C25H25N5O2/c1-16-14-17(2)26-24-23(16)25(28-29(24)3)32-15-22(31)27-19-9-5-7-11-21(19)30-13-12-18-8-4-6-10-20(18)30/h4-11,14H,12-13,15H2,1-3H3,(H,27,31). The molecule has 7 heteroatoms. The first-order chi connectivity index (χ1) is 15.5. The number of benzene rings is 2. The zero-order valence-corrected chi connectivity index (χ0v) is 18.4. The number of nitrogens with zero attached hydrogens (tertiary/aromatic N) is 4. The van der Waals surface area contributed by atoms with E-state index in [0.29, 0.717) is 5.88 Å². The maximum absolute atomic E-state index is 12.8. The molecule has 1 N–H and O–H groups in total. The topological polar surface area (TPSA) is 72.3 Å². The average molecular weight is 428 g/mol. The molecule has 0 radical (unpaired) electrons. The van der Waals surface area contributed by atoms with Crippen LogP contribution in [0.2, 0.25) is 0 Å². The molecular formula is C25H25N5O2. The van der Waals surface area contributed by atoms with Crippen molar-refractivity contribution in [1.29, 1.82) is 0 Å². The number of aryl methyl sites for hydroxylation is 3. The molecule has 0 aliphatic carbocycles. The van der Waals surface area contributed by atoms with Crippen LogP contribution in [0.15, 0.2) is 54.6 Å². The number of amides is 1. The van der Waals surface area contributed by atoms with Gasteiger partial charge in [0, 0.05) is 25.0 Å². The summed E-state index contributed by atoms with van der Waals surface area (Å²) in [5.74, 6) is 0.186. The van der Waals surface area contributed by atoms with Crippen LogP contribution in [0.1, 0.15) is 16.8 Å². The Morgan fingerprint density at radius 2 is 1.84 bits per heavy atom. The largest absolute Gasteiger partial charge is 0.466 e. The first-order valence-electron chi connectivity index (χ1n) is 10.7. The van der Waals surface area contributed by atoms with E-state index in [9.17, 15) is 4.79 Å². The maximum Gasteiger partial charge on any atom is 0.262 e. The van der Waals surface area contributed by atoms with Crippen molar-refractivity contribution in [3.63, 3.8) is 0 Å². The van der Waals surface area contributed by atoms with Crippen molar-refractivity contribution in [3.8, 4) is 5.88 Å². The van der Waals surface area contributed by atoms with E-state index in [2.05, 4.69) is 38.5 Å². The van der Waals surface area contributed by atoms with Gasteiger partial charge in [0.1, 0.15) is 0 Å². The van der Waals surface area contributed by atoms with E-state index in [1.807, 2.05) is 57.3 Å². The summed E-state index contributed by atoms with van der Waals surface area (Å²) in [5.41, 5.74) is 6.93. The molecule has 0 fully saturated rings. The molecule has 0 unspecified atom stereocenters. The van der Waals surface area contributed by atoms with Crippen molar-refractivity contribution in [1.82, 2.24) is 14.8 Å². The molecule has 2 aromatic heterocycles. The van der Waals surface area contributed by atoms with Crippen molar-refractivity contribution in [2.75, 3.05) is 23.4 Å². The van der Waals surface area contributed by atoms with Crippen LogP contribution in [0.4, 0.5) is 17.1 Å². The molecule has 7 nitrogen and oxygen atoms in total. The van der Waals surface area contributed by atoms with Gasteiger partial charge >= 0.3 is 0 Å². The number of ether oxygens (including phenoxy) is 1. The second-order valence-corrected chi connectivity index (χ2v) is 8.09. The summed E-state index contributed by atoms with van der Waals surface area (Å²) in [5, 5.41) is 8.26. The van der Waals surface area contributed by atoms with Gasteiger partial charge in [-0.2, -0.15) is 0 Å². The zero-order chi connectivity index (χ0) is 22.2. The lowest BCUT2D eigenvalue weighted by molar-refractivity contribution is -0.118. The number of nitrogens with one attached hydrogen (secondary N) is 1. The molecule has 1 aliphatic heterocycles. The summed E-state index contributed by atoms with van der Waals surface area (Å²) in [4.78, 5) is 19.6. The molecule has 3 heterocycles. The van der Waals surface area contributed by atoms with E-state index in [0.717, 1.165) is 46.6 Å². The molecule has 4 aromatic rings. The molecule has 5 rings (SSSR count). The van der Waals surface area contributed by atoms with Gasteiger partial charge < -0.3 is 15.0 Å². The summed E-state index contributed by atoms with van der Waals surface area (Å²) < 4.78 is 7.50. The summed E-state index contributed by atoms with van der Waals surface area (Å²) in [6.45, 7) is 4.69. The molecule has 0 saturated heterocycles. The first-order valence-corrected chi connectivity index (χ1v) is 10.7. The number of fused-ring (bicyclic) bond motifs is 2. The molecule has 1 amide bonds. The quantitative estimate of drug-likeness (QED) is 0.514. The fourth-order valence-electron chi connectivity index (χ4n) is 4.37. The fraction of sp³-hybridized carbons (Fsp3) is 0.240. The van der Waals surface area contributed by atoms with Gasteiger partial charge in [-0.15, -0.1) is 5.10 Å². The van der Waals surface area contributed by atoms with E-state index in [-0.39, 0.29) is 12.5 Å². The Hall–Kier alpha value is -3.87. The Labute approximate surface area is 186 Å². The lowest BCUT2D eigenvalue weighted by Crippen LogP contribution is -2.22. The van der Waals surface area contributed by atoms with Crippen LogP contribution in [-0.4, -0.2) is 33.8 Å². The normalized spacial score (nSPS) is 12.8. The van der Waals surface area contributed by atoms with E-state index in [1.54, 1.807) is 4.68 Å². The third-order valence-electron chi connectivity index (χ3n) is 5.78. The number of carbonyl (C=O) groups is 1. The van der Waals surface area contributed by atoms with Crippen molar-refractivity contribution < 1.29 is 9.53 Å². The Balaban J connectivity index is 1.34. The van der Waals surface area contributed by atoms with Gasteiger partial charge in [-0.05, 0) is 55.7 Å². The van der Waals surface area contributed by atoms with Gasteiger partial charge in [0.25, 0.3) is 5.91 Å². The van der Waals surface area contributed by atoms with Crippen molar-refractivity contribution in [3.05, 3.63) is 71.4 Å². The van der Waals surface area contributed by atoms with E-state index >= 15 is 0 Å².